The monoisotopic (exact) mass is 261 g/mol. The van der Waals surface area contributed by atoms with Gasteiger partial charge >= 0.3 is 0 Å². The third kappa shape index (κ3) is 2.29. The molecule has 1 unspecified atom stereocenters. The van der Waals surface area contributed by atoms with Crippen molar-refractivity contribution in [2.24, 2.45) is 11.7 Å². The van der Waals surface area contributed by atoms with Gasteiger partial charge in [0.15, 0.2) is 0 Å². The molecule has 0 radical (unpaired) electrons. The van der Waals surface area contributed by atoms with Crippen LogP contribution in [0.15, 0.2) is 18.3 Å². The number of hydrogen-bond acceptors (Lipinski definition) is 2. The fraction of sp³-hybridized carbons (Fsp3) is 0.667. The molecular formula is C15H23N3O. The Balaban J connectivity index is 1.77. The molecule has 1 aromatic heterocycles. The highest BCUT2D eigenvalue weighted by atomic mass is 16.2. The first kappa shape index (κ1) is 12.7. The summed E-state index contributed by atoms with van der Waals surface area (Å²) in [5, 5.41) is 0. The van der Waals surface area contributed by atoms with Gasteiger partial charge in [0.05, 0.1) is 0 Å². The summed E-state index contributed by atoms with van der Waals surface area (Å²) < 4.78 is 2.16. The Labute approximate surface area is 114 Å². The van der Waals surface area contributed by atoms with Crippen molar-refractivity contribution < 1.29 is 4.79 Å². The molecule has 1 heterocycles. The normalized spacial score (nSPS) is 20.9. The summed E-state index contributed by atoms with van der Waals surface area (Å²) in [5.74, 6) is 0.741. The number of amides is 1. The molecule has 1 amide bonds. The highest BCUT2D eigenvalue weighted by Crippen LogP contribution is 2.36. The van der Waals surface area contributed by atoms with Crippen molar-refractivity contribution in [2.75, 3.05) is 13.6 Å². The molecule has 0 aromatic carbocycles. The Morgan fingerprint density at radius 1 is 1.47 bits per heavy atom. The van der Waals surface area contributed by atoms with Crippen LogP contribution in [-0.2, 0) is 0 Å². The molecule has 4 heteroatoms. The van der Waals surface area contributed by atoms with E-state index in [1.807, 2.05) is 30.3 Å². The number of carbonyl (C=O) groups is 1. The van der Waals surface area contributed by atoms with Crippen LogP contribution >= 0.6 is 0 Å². The third-order valence-corrected chi connectivity index (χ3v) is 4.69. The van der Waals surface area contributed by atoms with Crippen molar-refractivity contribution in [2.45, 2.75) is 44.2 Å². The highest BCUT2D eigenvalue weighted by Gasteiger charge is 2.36. The number of aromatic nitrogens is 1. The second-order valence-corrected chi connectivity index (χ2v) is 5.94. The third-order valence-electron chi connectivity index (χ3n) is 4.69. The van der Waals surface area contributed by atoms with Crippen LogP contribution in [0.5, 0.6) is 0 Å². The van der Waals surface area contributed by atoms with E-state index in [2.05, 4.69) is 4.57 Å². The molecule has 2 aliphatic carbocycles. The van der Waals surface area contributed by atoms with E-state index < -0.39 is 0 Å². The minimum Gasteiger partial charge on any atom is -0.340 e. The summed E-state index contributed by atoms with van der Waals surface area (Å²) >= 11 is 0. The van der Waals surface area contributed by atoms with E-state index in [0.717, 1.165) is 5.69 Å². The molecule has 2 aliphatic rings. The van der Waals surface area contributed by atoms with Crippen LogP contribution in [0.25, 0.3) is 0 Å². The van der Waals surface area contributed by atoms with E-state index in [0.29, 0.717) is 18.5 Å². The number of likely N-dealkylation sites (N-methyl/N-ethyl adjacent to an activating group) is 1. The molecule has 4 nitrogen and oxygen atoms in total. The molecule has 1 aromatic rings. The van der Waals surface area contributed by atoms with Gasteiger partial charge in [0.2, 0.25) is 0 Å². The number of nitrogens with two attached hydrogens (primary N) is 1. The molecule has 19 heavy (non-hydrogen) atoms. The maximum atomic E-state index is 12.7. The van der Waals surface area contributed by atoms with Crippen LogP contribution in [0.1, 0.15) is 48.6 Å². The Hall–Kier alpha value is -1.29. The Morgan fingerprint density at radius 3 is 2.74 bits per heavy atom. The van der Waals surface area contributed by atoms with Gasteiger partial charge in [-0.2, -0.15) is 0 Å². The van der Waals surface area contributed by atoms with Crippen LogP contribution in [-0.4, -0.2) is 35.0 Å². The summed E-state index contributed by atoms with van der Waals surface area (Å²) in [6.45, 7) is 0.567. The van der Waals surface area contributed by atoms with Gasteiger partial charge in [-0.1, -0.05) is 0 Å². The van der Waals surface area contributed by atoms with Crippen molar-refractivity contribution in [1.82, 2.24) is 9.47 Å². The minimum atomic E-state index is 0.124. The minimum absolute atomic E-state index is 0.124. The lowest BCUT2D eigenvalue weighted by Gasteiger charge is -2.31. The van der Waals surface area contributed by atoms with E-state index in [1.165, 1.54) is 32.1 Å². The number of nitrogens with zero attached hydrogens (tertiary/aromatic N) is 2. The second-order valence-electron chi connectivity index (χ2n) is 5.94. The Bertz CT molecular complexity index is 460. The van der Waals surface area contributed by atoms with Gasteiger partial charge in [-0.15, -0.1) is 0 Å². The lowest BCUT2D eigenvalue weighted by molar-refractivity contribution is 0.0701. The van der Waals surface area contributed by atoms with Gasteiger partial charge in [0, 0.05) is 31.9 Å². The van der Waals surface area contributed by atoms with Crippen LogP contribution < -0.4 is 5.73 Å². The zero-order valence-corrected chi connectivity index (χ0v) is 11.6. The van der Waals surface area contributed by atoms with E-state index in [4.69, 9.17) is 5.73 Å². The summed E-state index contributed by atoms with van der Waals surface area (Å²) in [4.78, 5) is 14.5. The molecule has 2 N–H and O–H groups in total. The average molecular weight is 261 g/mol. The number of carbonyl (C=O) groups excluding carboxylic acids is 1. The summed E-state index contributed by atoms with van der Waals surface area (Å²) in [7, 11) is 1.90. The molecule has 3 rings (SSSR count). The lowest BCUT2D eigenvalue weighted by Crippen LogP contribution is -2.44. The number of hydrogen-bond donors (Lipinski definition) is 1. The smallest absolute Gasteiger partial charge is 0.270 e. The zero-order chi connectivity index (χ0) is 13.4. The standard InChI is InChI=1S/C15H23N3O/c1-17(14(10-16)11-7-8-11)15(19)13-6-3-9-18(13)12-4-2-5-12/h3,6,9,11-12,14H,2,4-5,7-8,10,16H2,1H3. The van der Waals surface area contributed by atoms with Gasteiger partial charge in [0.1, 0.15) is 5.69 Å². The molecule has 2 fully saturated rings. The molecule has 0 bridgehead atoms. The van der Waals surface area contributed by atoms with Crippen LogP contribution in [0.2, 0.25) is 0 Å². The molecule has 1 atom stereocenters. The molecule has 104 valence electrons. The summed E-state index contributed by atoms with van der Waals surface area (Å²) in [6, 6.07) is 4.66. The second kappa shape index (κ2) is 5.00. The number of rotatable bonds is 5. The first-order valence-electron chi connectivity index (χ1n) is 7.36. The van der Waals surface area contributed by atoms with Crippen LogP contribution in [0, 0.1) is 5.92 Å². The van der Waals surface area contributed by atoms with E-state index in [1.54, 1.807) is 0 Å². The predicted molar refractivity (Wildman–Crippen MR) is 75.0 cm³/mol. The highest BCUT2D eigenvalue weighted by molar-refractivity contribution is 5.93. The zero-order valence-electron chi connectivity index (χ0n) is 11.6. The summed E-state index contributed by atoms with van der Waals surface area (Å²) in [5.41, 5.74) is 6.67. The molecule has 0 spiro atoms. The largest absolute Gasteiger partial charge is 0.340 e. The van der Waals surface area contributed by atoms with Crippen molar-refractivity contribution in [3.05, 3.63) is 24.0 Å². The average Bonchev–Trinajstić information content (AvgIpc) is 3.06. The topological polar surface area (TPSA) is 51.3 Å². The predicted octanol–water partition coefficient (Wildman–Crippen LogP) is 2.02. The lowest BCUT2D eigenvalue weighted by atomic mass is 9.93. The van der Waals surface area contributed by atoms with Crippen LogP contribution in [0.3, 0.4) is 0 Å². The SMILES string of the molecule is CN(C(=O)c1cccn1C1CCC1)C(CN)C1CC1. The van der Waals surface area contributed by atoms with E-state index in [9.17, 15) is 4.79 Å². The van der Waals surface area contributed by atoms with Crippen molar-refractivity contribution in [3.8, 4) is 0 Å². The van der Waals surface area contributed by atoms with Crippen molar-refractivity contribution in [3.63, 3.8) is 0 Å². The van der Waals surface area contributed by atoms with Crippen LogP contribution in [0.4, 0.5) is 0 Å². The Kier molecular flexibility index (Phi) is 3.35. The fourth-order valence-corrected chi connectivity index (χ4v) is 3.04. The quantitative estimate of drug-likeness (QED) is 0.881. The van der Waals surface area contributed by atoms with Gasteiger partial charge in [-0.05, 0) is 50.2 Å². The van der Waals surface area contributed by atoms with Gasteiger partial charge < -0.3 is 15.2 Å². The van der Waals surface area contributed by atoms with Gasteiger partial charge in [-0.25, -0.2) is 0 Å². The Morgan fingerprint density at radius 2 is 2.21 bits per heavy atom. The fourth-order valence-electron chi connectivity index (χ4n) is 3.04. The van der Waals surface area contributed by atoms with Gasteiger partial charge in [0.25, 0.3) is 5.91 Å². The van der Waals surface area contributed by atoms with Gasteiger partial charge in [-0.3, -0.25) is 4.79 Å². The summed E-state index contributed by atoms with van der Waals surface area (Å²) in [6.07, 6.45) is 8.13. The van der Waals surface area contributed by atoms with E-state index in [-0.39, 0.29) is 11.9 Å². The first-order chi connectivity index (χ1) is 9.22. The molecular weight excluding hydrogens is 238 g/mol. The molecule has 2 saturated carbocycles. The first-order valence-corrected chi connectivity index (χ1v) is 7.36. The van der Waals surface area contributed by atoms with Crippen molar-refractivity contribution in [1.29, 1.82) is 0 Å². The molecule has 0 saturated heterocycles. The van der Waals surface area contributed by atoms with Crippen molar-refractivity contribution >= 4 is 5.91 Å². The molecule has 0 aliphatic heterocycles. The maximum Gasteiger partial charge on any atom is 0.270 e. The maximum absolute atomic E-state index is 12.7. The van der Waals surface area contributed by atoms with E-state index >= 15 is 0 Å².